The summed E-state index contributed by atoms with van der Waals surface area (Å²) in [4.78, 5) is 15.7. The molecule has 3 rings (SSSR count). The largest absolute Gasteiger partial charge is 0.364 e. The third-order valence-electron chi connectivity index (χ3n) is 4.39. The molecular weight excluding hydrogens is 356 g/mol. The SMILES string of the molecule is [C-]#[N+]c1c(-c2ccc(-c3ccccc3C#N)cc2)c(C(N)=O)n(C)c1SC. The summed E-state index contributed by atoms with van der Waals surface area (Å²) in [6.45, 7) is 7.57. The zero-order valence-electron chi connectivity index (χ0n) is 14.9. The molecule has 0 saturated heterocycles. The highest BCUT2D eigenvalue weighted by molar-refractivity contribution is 7.98. The van der Waals surface area contributed by atoms with Crippen molar-refractivity contribution in [2.45, 2.75) is 5.03 Å². The van der Waals surface area contributed by atoms with Crippen molar-refractivity contribution in [3.8, 4) is 28.3 Å². The van der Waals surface area contributed by atoms with Crippen molar-refractivity contribution in [3.63, 3.8) is 0 Å². The number of primary amides is 1. The standard InChI is InChI=1S/C21H16N4OS/c1-24-18-17(19(20(23)26)25(2)21(18)27-3)14-10-8-13(9-11-14)16-7-5-4-6-15(16)12-22/h4-11H,2-3H3,(H2,23,26). The van der Waals surface area contributed by atoms with Crippen molar-refractivity contribution in [1.82, 2.24) is 4.57 Å². The first-order chi connectivity index (χ1) is 13.0. The van der Waals surface area contributed by atoms with Gasteiger partial charge in [-0.15, -0.1) is 11.8 Å². The van der Waals surface area contributed by atoms with E-state index in [9.17, 15) is 10.1 Å². The second-order valence-electron chi connectivity index (χ2n) is 5.85. The Kier molecular flexibility index (Phi) is 5.03. The zero-order valence-corrected chi connectivity index (χ0v) is 15.7. The number of hydrogen-bond donors (Lipinski definition) is 1. The van der Waals surface area contributed by atoms with E-state index in [4.69, 9.17) is 12.3 Å². The van der Waals surface area contributed by atoms with Crippen LogP contribution in [-0.2, 0) is 7.05 Å². The number of thioether (sulfide) groups is 1. The summed E-state index contributed by atoms with van der Waals surface area (Å²) in [6.07, 6.45) is 1.86. The molecule has 0 spiro atoms. The van der Waals surface area contributed by atoms with E-state index in [1.54, 1.807) is 17.7 Å². The molecule has 0 aliphatic carbocycles. The maximum atomic E-state index is 12.0. The number of amides is 1. The lowest BCUT2D eigenvalue weighted by atomic mass is 9.97. The third kappa shape index (κ3) is 3.08. The molecule has 0 saturated carbocycles. The molecule has 5 nitrogen and oxygen atoms in total. The van der Waals surface area contributed by atoms with E-state index < -0.39 is 5.91 Å². The quantitative estimate of drug-likeness (QED) is 0.537. The molecule has 27 heavy (non-hydrogen) atoms. The van der Waals surface area contributed by atoms with Crippen LogP contribution in [-0.4, -0.2) is 16.7 Å². The van der Waals surface area contributed by atoms with Crippen molar-refractivity contribution in [1.29, 1.82) is 5.26 Å². The molecule has 0 radical (unpaired) electrons. The second-order valence-corrected chi connectivity index (χ2v) is 6.65. The third-order valence-corrected chi connectivity index (χ3v) is 5.24. The molecule has 0 aliphatic heterocycles. The number of carbonyl (C=O) groups excluding carboxylic acids is 1. The summed E-state index contributed by atoms with van der Waals surface area (Å²) in [5.41, 5.74) is 9.94. The highest BCUT2D eigenvalue weighted by Crippen LogP contribution is 2.43. The van der Waals surface area contributed by atoms with Crippen molar-refractivity contribution in [2.75, 3.05) is 6.26 Å². The Bertz CT molecular complexity index is 1110. The molecular formula is C21H16N4OS. The molecule has 6 heteroatoms. The Morgan fingerprint density at radius 2 is 1.81 bits per heavy atom. The Morgan fingerprint density at radius 3 is 2.37 bits per heavy atom. The second kappa shape index (κ2) is 7.41. The van der Waals surface area contributed by atoms with Gasteiger partial charge in [0.05, 0.1) is 23.2 Å². The summed E-state index contributed by atoms with van der Waals surface area (Å²) in [5.74, 6) is -0.573. The molecule has 0 unspecified atom stereocenters. The highest BCUT2D eigenvalue weighted by Gasteiger charge is 2.25. The maximum Gasteiger partial charge on any atom is 0.264 e. The number of hydrogen-bond acceptors (Lipinski definition) is 3. The van der Waals surface area contributed by atoms with Crippen LogP contribution in [0.3, 0.4) is 0 Å². The smallest absolute Gasteiger partial charge is 0.264 e. The average molecular weight is 372 g/mol. The van der Waals surface area contributed by atoms with Crippen molar-refractivity contribution in [2.24, 2.45) is 12.8 Å². The number of benzene rings is 2. The summed E-state index contributed by atoms with van der Waals surface area (Å²) in [7, 11) is 1.74. The fraction of sp³-hybridized carbons (Fsp3) is 0.0952. The van der Waals surface area contributed by atoms with Crippen molar-refractivity contribution < 1.29 is 4.79 Å². The van der Waals surface area contributed by atoms with Crippen LogP contribution in [0, 0.1) is 17.9 Å². The first-order valence-corrected chi connectivity index (χ1v) is 9.29. The first kappa shape index (κ1) is 18.3. The van der Waals surface area contributed by atoms with Gasteiger partial charge in [-0.1, -0.05) is 42.5 Å². The van der Waals surface area contributed by atoms with Gasteiger partial charge < -0.3 is 10.3 Å². The van der Waals surface area contributed by atoms with Crippen LogP contribution in [0.25, 0.3) is 27.1 Å². The molecule has 2 N–H and O–H groups in total. The van der Waals surface area contributed by atoms with E-state index in [-0.39, 0.29) is 0 Å². The first-order valence-electron chi connectivity index (χ1n) is 8.07. The normalized spacial score (nSPS) is 10.2. The molecule has 3 aromatic rings. The lowest BCUT2D eigenvalue weighted by Crippen LogP contribution is -2.16. The molecule has 1 heterocycles. The van der Waals surface area contributed by atoms with E-state index in [2.05, 4.69) is 10.9 Å². The lowest BCUT2D eigenvalue weighted by molar-refractivity contribution is 0.0992. The molecule has 132 valence electrons. The minimum atomic E-state index is -0.573. The monoisotopic (exact) mass is 372 g/mol. The number of carbonyl (C=O) groups is 1. The predicted octanol–water partition coefficient (Wildman–Crippen LogP) is 4.60. The zero-order chi connectivity index (χ0) is 19.6. The number of nitriles is 1. The Morgan fingerprint density at radius 1 is 1.19 bits per heavy atom. The molecule has 2 aromatic carbocycles. The van der Waals surface area contributed by atoms with Crippen LogP contribution in [0.2, 0.25) is 0 Å². The number of nitrogens with two attached hydrogens (primary N) is 1. The molecule has 1 aromatic heterocycles. The van der Waals surface area contributed by atoms with E-state index in [0.29, 0.717) is 27.5 Å². The lowest BCUT2D eigenvalue weighted by Gasteiger charge is -2.08. The topological polar surface area (TPSA) is 76.2 Å². The minimum absolute atomic E-state index is 0.315. The summed E-state index contributed by atoms with van der Waals surface area (Å²) >= 11 is 1.40. The molecule has 1 amide bonds. The van der Waals surface area contributed by atoms with Gasteiger partial charge in [-0.2, -0.15) is 5.26 Å². The fourth-order valence-electron chi connectivity index (χ4n) is 3.20. The Balaban J connectivity index is 2.18. The van der Waals surface area contributed by atoms with E-state index in [0.717, 1.165) is 16.7 Å². The van der Waals surface area contributed by atoms with Crippen LogP contribution in [0.1, 0.15) is 16.1 Å². The number of rotatable bonds is 4. The Labute approximate surface area is 161 Å². The van der Waals surface area contributed by atoms with Crippen LogP contribution in [0.5, 0.6) is 0 Å². The number of aromatic nitrogens is 1. The van der Waals surface area contributed by atoms with Crippen LogP contribution < -0.4 is 5.73 Å². The van der Waals surface area contributed by atoms with Gasteiger partial charge >= 0.3 is 0 Å². The fourth-order valence-corrected chi connectivity index (χ4v) is 3.90. The van der Waals surface area contributed by atoms with Gasteiger partial charge in [-0.3, -0.25) is 4.79 Å². The van der Waals surface area contributed by atoms with Crippen LogP contribution in [0.4, 0.5) is 5.69 Å². The van der Waals surface area contributed by atoms with E-state index in [1.165, 1.54) is 11.8 Å². The molecule has 0 atom stereocenters. The molecule has 0 aliphatic rings. The molecule has 0 bridgehead atoms. The van der Waals surface area contributed by atoms with E-state index >= 15 is 0 Å². The van der Waals surface area contributed by atoms with Gasteiger partial charge in [0.1, 0.15) is 5.69 Å². The van der Waals surface area contributed by atoms with Crippen LogP contribution in [0.15, 0.2) is 53.6 Å². The van der Waals surface area contributed by atoms with Gasteiger partial charge in [0.2, 0.25) is 5.69 Å². The van der Waals surface area contributed by atoms with Gasteiger partial charge in [-0.25, -0.2) is 4.85 Å². The average Bonchev–Trinajstić information content (AvgIpc) is 2.99. The predicted molar refractivity (Wildman–Crippen MR) is 108 cm³/mol. The van der Waals surface area contributed by atoms with Crippen molar-refractivity contribution >= 4 is 23.4 Å². The summed E-state index contributed by atoms with van der Waals surface area (Å²) < 4.78 is 1.68. The maximum absolute atomic E-state index is 12.0. The van der Waals surface area contributed by atoms with Gasteiger partial charge in [0.25, 0.3) is 5.91 Å². The molecule has 0 fully saturated rings. The summed E-state index contributed by atoms with van der Waals surface area (Å²) in [6, 6.07) is 17.0. The van der Waals surface area contributed by atoms with Gasteiger partial charge in [0.15, 0.2) is 0 Å². The van der Waals surface area contributed by atoms with Crippen molar-refractivity contribution in [3.05, 3.63) is 71.2 Å². The summed E-state index contributed by atoms with van der Waals surface area (Å²) in [5, 5.41) is 10.0. The number of nitrogens with zero attached hydrogens (tertiary/aromatic N) is 3. The van der Waals surface area contributed by atoms with Crippen LogP contribution >= 0.6 is 11.8 Å². The van der Waals surface area contributed by atoms with E-state index in [1.807, 2.05) is 48.7 Å². The highest BCUT2D eigenvalue weighted by atomic mass is 32.2. The Hall–Kier alpha value is -3.48. The van der Waals surface area contributed by atoms with Gasteiger partial charge in [-0.05, 0) is 29.0 Å². The van der Waals surface area contributed by atoms with Gasteiger partial charge in [0, 0.05) is 12.6 Å². The minimum Gasteiger partial charge on any atom is -0.364 e.